The maximum absolute atomic E-state index is 9.89. The van der Waals surface area contributed by atoms with Crippen LogP contribution in [0, 0.1) is 6.92 Å². The summed E-state index contributed by atoms with van der Waals surface area (Å²) < 4.78 is 0. The van der Waals surface area contributed by atoms with E-state index >= 15 is 0 Å². The van der Waals surface area contributed by atoms with Gasteiger partial charge in [-0.3, -0.25) is 4.90 Å². The van der Waals surface area contributed by atoms with E-state index in [9.17, 15) is 10.2 Å². The normalized spacial score (nSPS) is 23.1. The van der Waals surface area contributed by atoms with Gasteiger partial charge in [0.1, 0.15) is 0 Å². The van der Waals surface area contributed by atoms with Crippen LogP contribution in [0.15, 0.2) is 18.2 Å². The van der Waals surface area contributed by atoms with Crippen LogP contribution in [-0.2, 0) is 6.54 Å². The second-order valence-electron chi connectivity index (χ2n) is 5.01. The van der Waals surface area contributed by atoms with Crippen LogP contribution in [-0.4, -0.2) is 40.4 Å². The zero-order valence-electron chi connectivity index (χ0n) is 12.6. The molecule has 1 aliphatic heterocycles. The fourth-order valence-corrected chi connectivity index (χ4v) is 2.71. The fraction of sp³-hybridized carbons (Fsp3) is 0.625. The number of halogens is 1. The van der Waals surface area contributed by atoms with Crippen LogP contribution >= 0.6 is 11.6 Å². The minimum atomic E-state index is -0.426. The summed E-state index contributed by atoms with van der Waals surface area (Å²) in [7, 11) is 0. The van der Waals surface area contributed by atoms with E-state index in [4.69, 9.17) is 11.6 Å². The number of aryl methyl sites for hydroxylation is 1. The quantitative estimate of drug-likeness (QED) is 0.902. The third-order valence-corrected chi connectivity index (χ3v) is 4.07. The van der Waals surface area contributed by atoms with Crippen molar-refractivity contribution in [1.82, 2.24) is 4.90 Å². The van der Waals surface area contributed by atoms with Crippen molar-refractivity contribution in [3.8, 4) is 0 Å². The van der Waals surface area contributed by atoms with Gasteiger partial charge in [0.15, 0.2) is 0 Å². The Kier molecular flexibility index (Phi) is 7.52. The second kappa shape index (κ2) is 8.63. The van der Waals surface area contributed by atoms with E-state index in [1.165, 1.54) is 0 Å². The van der Waals surface area contributed by atoms with Gasteiger partial charge in [0.2, 0.25) is 0 Å². The van der Waals surface area contributed by atoms with Crippen LogP contribution in [0.1, 0.15) is 37.8 Å². The number of hydrogen-bond acceptors (Lipinski definition) is 3. The number of piperidine rings is 1. The first kappa shape index (κ1) is 17.4. The van der Waals surface area contributed by atoms with Crippen LogP contribution < -0.4 is 0 Å². The molecule has 2 atom stereocenters. The van der Waals surface area contributed by atoms with Crippen molar-refractivity contribution in [2.45, 2.75) is 52.3 Å². The Morgan fingerprint density at radius 1 is 1.35 bits per heavy atom. The third-order valence-electron chi connectivity index (χ3n) is 3.67. The predicted molar refractivity (Wildman–Crippen MR) is 84.1 cm³/mol. The maximum Gasteiger partial charge on any atom is 0.0718 e. The first-order chi connectivity index (χ1) is 9.61. The van der Waals surface area contributed by atoms with Gasteiger partial charge in [-0.25, -0.2) is 0 Å². The molecular formula is C16H26ClNO2. The standard InChI is InChI=1S/C14H20ClNO2.C2H6/c1-10-4-5-11(7-12(10)15)8-16-6-2-3-14(18)13(16)9-17;1-2/h4-5,7,13-14,17-18H,2-3,6,8-9H2,1H3;1-2H3. The first-order valence-electron chi connectivity index (χ1n) is 7.40. The van der Waals surface area contributed by atoms with Crippen LogP contribution in [0.25, 0.3) is 0 Å². The number of aliphatic hydroxyl groups excluding tert-OH is 2. The average Bonchev–Trinajstić information content (AvgIpc) is 2.45. The van der Waals surface area contributed by atoms with Gasteiger partial charge in [0.25, 0.3) is 0 Å². The molecule has 0 radical (unpaired) electrons. The lowest BCUT2D eigenvalue weighted by Gasteiger charge is -2.38. The topological polar surface area (TPSA) is 43.7 Å². The summed E-state index contributed by atoms with van der Waals surface area (Å²) in [5.41, 5.74) is 2.19. The molecule has 1 aliphatic rings. The zero-order valence-corrected chi connectivity index (χ0v) is 13.4. The molecule has 1 fully saturated rings. The van der Waals surface area contributed by atoms with E-state index in [-0.39, 0.29) is 12.6 Å². The summed E-state index contributed by atoms with van der Waals surface area (Å²) in [5.74, 6) is 0. The van der Waals surface area contributed by atoms with Crippen molar-refractivity contribution in [3.63, 3.8) is 0 Å². The van der Waals surface area contributed by atoms with Gasteiger partial charge >= 0.3 is 0 Å². The summed E-state index contributed by atoms with van der Waals surface area (Å²) in [6, 6.07) is 5.87. The Morgan fingerprint density at radius 3 is 2.65 bits per heavy atom. The molecule has 3 nitrogen and oxygen atoms in total. The highest BCUT2D eigenvalue weighted by atomic mass is 35.5. The average molecular weight is 300 g/mol. The summed E-state index contributed by atoms with van der Waals surface area (Å²) in [6.07, 6.45) is 1.32. The van der Waals surface area contributed by atoms with Crippen molar-refractivity contribution in [3.05, 3.63) is 34.3 Å². The molecule has 0 bridgehead atoms. The number of hydrogen-bond donors (Lipinski definition) is 2. The third kappa shape index (κ3) is 4.45. The Balaban J connectivity index is 0.000000956. The lowest BCUT2D eigenvalue weighted by Crippen LogP contribution is -2.49. The Labute approximate surface area is 127 Å². The van der Waals surface area contributed by atoms with Crippen molar-refractivity contribution in [2.24, 2.45) is 0 Å². The molecule has 2 rings (SSSR count). The number of rotatable bonds is 3. The minimum absolute atomic E-state index is 0.000754. The fourth-order valence-electron chi connectivity index (χ4n) is 2.51. The highest BCUT2D eigenvalue weighted by Gasteiger charge is 2.29. The van der Waals surface area contributed by atoms with Crippen LogP contribution in [0.2, 0.25) is 5.02 Å². The molecule has 1 saturated heterocycles. The van der Waals surface area contributed by atoms with Crippen molar-refractivity contribution >= 4 is 11.6 Å². The molecule has 20 heavy (non-hydrogen) atoms. The van der Waals surface area contributed by atoms with Crippen molar-refractivity contribution in [1.29, 1.82) is 0 Å². The van der Waals surface area contributed by atoms with E-state index in [0.29, 0.717) is 0 Å². The van der Waals surface area contributed by atoms with Gasteiger partial charge in [-0.05, 0) is 43.5 Å². The van der Waals surface area contributed by atoms with Gasteiger partial charge < -0.3 is 10.2 Å². The highest BCUT2D eigenvalue weighted by molar-refractivity contribution is 6.31. The smallest absolute Gasteiger partial charge is 0.0718 e. The molecule has 1 aromatic carbocycles. The molecule has 0 aliphatic carbocycles. The van der Waals surface area contributed by atoms with Gasteiger partial charge in [0.05, 0.1) is 18.8 Å². The van der Waals surface area contributed by atoms with Gasteiger partial charge in [-0.1, -0.05) is 37.6 Å². The molecule has 0 spiro atoms. The molecule has 0 aromatic heterocycles. The van der Waals surface area contributed by atoms with Gasteiger partial charge in [0, 0.05) is 11.6 Å². The van der Waals surface area contributed by atoms with Crippen molar-refractivity contribution < 1.29 is 10.2 Å². The summed E-state index contributed by atoms with van der Waals surface area (Å²) >= 11 is 6.11. The molecule has 1 heterocycles. The van der Waals surface area contributed by atoms with Crippen LogP contribution in [0.5, 0.6) is 0 Å². The number of likely N-dealkylation sites (tertiary alicyclic amines) is 1. The van der Waals surface area contributed by atoms with Gasteiger partial charge in [-0.15, -0.1) is 0 Å². The molecule has 4 heteroatoms. The van der Waals surface area contributed by atoms with E-state index in [1.54, 1.807) is 0 Å². The Morgan fingerprint density at radius 2 is 2.05 bits per heavy atom. The van der Waals surface area contributed by atoms with Crippen molar-refractivity contribution in [2.75, 3.05) is 13.2 Å². The number of benzene rings is 1. The van der Waals surface area contributed by atoms with E-state index < -0.39 is 6.10 Å². The maximum atomic E-state index is 9.89. The predicted octanol–water partition coefficient (Wildman–Crippen LogP) is 2.99. The summed E-state index contributed by atoms with van der Waals surface area (Å²) in [4.78, 5) is 2.13. The number of aliphatic hydroxyl groups is 2. The molecule has 2 N–H and O–H groups in total. The highest BCUT2D eigenvalue weighted by Crippen LogP contribution is 2.22. The SMILES string of the molecule is CC.Cc1ccc(CN2CCCC(O)C2CO)cc1Cl. The lowest BCUT2D eigenvalue weighted by atomic mass is 9.98. The van der Waals surface area contributed by atoms with E-state index in [1.807, 2.05) is 32.9 Å². The minimum Gasteiger partial charge on any atom is -0.395 e. The van der Waals surface area contributed by atoms with Gasteiger partial charge in [-0.2, -0.15) is 0 Å². The largest absolute Gasteiger partial charge is 0.395 e. The number of nitrogens with zero attached hydrogens (tertiary/aromatic N) is 1. The molecule has 2 unspecified atom stereocenters. The Hall–Kier alpha value is -0.610. The Bertz CT molecular complexity index is 411. The zero-order chi connectivity index (χ0) is 15.1. The van der Waals surface area contributed by atoms with E-state index in [0.717, 1.165) is 42.1 Å². The monoisotopic (exact) mass is 299 g/mol. The summed E-state index contributed by atoms with van der Waals surface area (Å²) in [6.45, 7) is 7.62. The van der Waals surface area contributed by atoms with Crippen LogP contribution in [0.4, 0.5) is 0 Å². The first-order valence-corrected chi connectivity index (χ1v) is 7.77. The van der Waals surface area contributed by atoms with Crippen LogP contribution in [0.3, 0.4) is 0 Å². The lowest BCUT2D eigenvalue weighted by molar-refractivity contribution is -0.0197. The molecule has 114 valence electrons. The molecule has 0 amide bonds. The summed E-state index contributed by atoms with van der Waals surface area (Å²) in [5, 5.41) is 20.0. The second-order valence-corrected chi connectivity index (χ2v) is 5.42. The van der Waals surface area contributed by atoms with E-state index in [2.05, 4.69) is 11.0 Å². The molecule has 1 aromatic rings. The molecule has 0 saturated carbocycles. The molecular weight excluding hydrogens is 274 g/mol.